The zero-order chi connectivity index (χ0) is 10.7. The van der Waals surface area contributed by atoms with E-state index in [2.05, 4.69) is 46.8 Å². The molecule has 14 heavy (non-hydrogen) atoms. The predicted octanol–water partition coefficient (Wildman–Crippen LogP) is 4.65. The zero-order valence-corrected chi connectivity index (χ0v) is 10.1. The van der Waals surface area contributed by atoms with Gasteiger partial charge in [-0.3, -0.25) is 0 Å². The molecule has 1 rings (SSSR count). The molecule has 0 N–H and O–H groups in total. The van der Waals surface area contributed by atoms with E-state index in [9.17, 15) is 0 Å². The highest BCUT2D eigenvalue weighted by Crippen LogP contribution is 2.33. The minimum absolute atomic E-state index is 0.672. The van der Waals surface area contributed by atoms with Gasteiger partial charge in [0.1, 0.15) is 0 Å². The Morgan fingerprint density at radius 1 is 1.21 bits per heavy atom. The lowest BCUT2D eigenvalue weighted by Crippen LogP contribution is -1.85. The molecule has 1 aliphatic carbocycles. The van der Waals surface area contributed by atoms with Gasteiger partial charge in [0.15, 0.2) is 0 Å². The van der Waals surface area contributed by atoms with E-state index in [0.717, 1.165) is 0 Å². The second-order valence-electron chi connectivity index (χ2n) is 4.81. The first-order valence-electron chi connectivity index (χ1n) is 5.56. The standard InChI is InChI=1S/C14H22/c1-10(2)8-13-6-7-14(12(13)5)9-11(3)4/h8-10H,6-7H2,1-5H3/b13-8-. The summed E-state index contributed by atoms with van der Waals surface area (Å²) in [7, 11) is 0. The summed E-state index contributed by atoms with van der Waals surface area (Å²) in [4.78, 5) is 0. The molecule has 0 saturated carbocycles. The number of hydrogen-bond donors (Lipinski definition) is 0. The number of rotatable bonds is 2. The van der Waals surface area contributed by atoms with E-state index < -0.39 is 0 Å². The molecule has 0 amide bonds. The van der Waals surface area contributed by atoms with Gasteiger partial charge in [0.05, 0.1) is 0 Å². The topological polar surface area (TPSA) is 0 Å². The van der Waals surface area contributed by atoms with Crippen LogP contribution in [-0.4, -0.2) is 0 Å². The first kappa shape index (κ1) is 11.3. The summed E-state index contributed by atoms with van der Waals surface area (Å²) in [5.41, 5.74) is 6.02. The van der Waals surface area contributed by atoms with Gasteiger partial charge in [-0.15, -0.1) is 0 Å². The van der Waals surface area contributed by atoms with Crippen LogP contribution in [0.5, 0.6) is 0 Å². The quantitative estimate of drug-likeness (QED) is 0.595. The van der Waals surface area contributed by atoms with Crippen molar-refractivity contribution in [3.63, 3.8) is 0 Å². The normalized spacial score (nSPS) is 19.7. The molecule has 0 spiro atoms. The highest BCUT2D eigenvalue weighted by atomic mass is 14.2. The molecule has 0 saturated heterocycles. The Morgan fingerprint density at radius 2 is 1.86 bits per heavy atom. The fourth-order valence-corrected chi connectivity index (χ4v) is 1.99. The molecule has 0 heterocycles. The maximum absolute atomic E-state index is 2.40. The van der Waals surface area contributed by atoms with E-state index in [0.29, 0.717) is 5.92 Å². The first-order valence-corrected chi connectivity index (χ1v) is 5.56. The van der Waals surface area contributed by atoms with Crippen molar-refractivity contribution in [1.82, 2.24) is 0 Å². The molecule has 0 aromatic heterocycles. The van der Waals surface area contributed by atoms with Gasteiger partial charge in [-0.25, -0.2) is 0 Å². The molecule has 0 aromatic rings. The summed E-state index contributed by atoms with van der Waals surface area (Å²) in [5, 5.41) is 0. The Labute approximate surface area is 88.4 Å². The molecule has 0 fully saturated rings. The van der Waals surface area contributed by atoms with Gasteiger partial charge < -0.3 is 0 Å². The first-order chi connectivity index (χ1) is 6.50. The van der Waals surface area contributed by atoms with Crippen molar-refractivity contribution in [2.75, 3.05) is 0 Å². The predicted molar refractivity (Wildman–Crippen MR) is 64.3 cm³/mol. The monoisotopic (exact) mass is 190 g/mol. The van der Waals surface area contributed by atoms with Crippen molar-refractivity contribution in [1.29, 1.82) is 0 Å². The van der Waals surface area contributed by atoms with E-state index in [1.54, 1.807) is 5.57 Å². The van der Waals surface area contributed by atoms with Crippen LogP contribution in [0, 0.1) is 5.92 Å². The largest absolute Gasteiger partial charge is 0.0785 e. The van der Waals surface area contributed by atoms with Gasteiger partial charge >= 0.3 is 0 Å². The lowest BCUT2D eigenvalue weighted by atomic mass is 10.0. The fraction of sp³-hybridized carbons (Fsp3) is 0.571. The average Bonchev–Trinajstić information content (AvgIpc) is 2.34. The van der Waals surface area contributed by atoms with Crippen LogP contribution in [0.1, 0.15) is 47.5 Å². The third-order valence-electron chi connectivity index (χ3n) is 2.62. The Kier molecular flexibility index (Phi) is 3.74. The highest BCUT2D eigenvalue weighted by molar-refractivity contribution is 5.45. The summed E-state index contributed by atoms with van der Waals surface area (Å²) in [6.45, 7) is 11.1. The number of hydrogen-bond acceptors (Lipinski definition) is 0. The van der Waals surface area contributed by atoms with Crippen molar-refractivity contribution < 1.29 is 0 Å². The Bertz CT molecular complexity index is 294. The average molecular weight is 190 g/mol. The zero-order valence-electron chi connectivity index (χ0n) is 10.1. The minimum Gasteiger partial charge on any atom is -0.0785 e. The Hall–Kier alpha value is -0.780. The molecule has 0 atom stereocenters. The Morgan fingerprint density at radius 3 is 2.36 bits per heavy atom. The maximum atomic E-state index is 2.40. The molecular weight excluding hydrogens is 168 g/mol. The SMILES string of the molecule is CC(C)=CC1=C(C)/C(=C\C(C)C)CC1. The lowest BCUT2D eigenvalue weighted by Gasteiger charge is -2.02. The Balaban J connectivity index is 2.91. The molecule has 0 heteroatoms. The molecule has 0 aromatic carbocycles. The molecule has 1 aliphatic rings. The minimum atomic E-state index is 0.672. The van der Waals surface area contributed by atoms with Crippen molar-refractivity contribution in [3.05, 3.63) is 34.4 Å². The lowest BCUT2D eigenvalue weighted by molar-refractivity contribution is 0.816. The van der Waals surface area contributed by atoms with Crippen LogP contribution in [0.3, 0.4) is 0 Å². The van der Waals surface area contributed by atoms with Crippen LogP contribution in [0.25, 0.3) is 0 Å². The summed E-state index contributed by atoms with van der Waals surface area (Å²) in [6, 6.07) is 0. The van der Waals surface area contributed by atoms with Crippen molar-refractivity contribution in [2.24, 2.45) is 5.92 Å². The van der Waals surface area contributed by atoms with Crippen LogP contribution >= 0.6 is 0 Å². The smallest absolute Gasteiger partial charge is 0.0236 e. The molecule has 78 valence electrons. The number of allylic oxidation sites excluding steroid dienone is 6. The highest BCUT2D eigenvalue weighted by Gasteiger charge is 2.14. The van der Waals surface area contributed by atoms with Gasteiger partial charge in [0, 0.05) is 0 Å². The summed E-state index contributed by atoms with van der Waals surface area (Å²) in [6.07, 6.45) is 7.20. The molecule has 0 bridgehead atoms. The van der Waals surface area contributed by atoms with E-state index in [1.807, 2.05) is 0 Å². The van der Waals surface area contributed by atoms with E-state index >= 15 is 0 Å². The van der Waals surface area contributed by atoms with E-state index in [1.165, 1.54) is 29.6 Å². The maximum Gasteiger partial charge on any atom is -0.0236 e. The molecule has 0 aliphatic heterocycles. The summed E-state index contributed by atoms with van der Waals surface area (Å²) < 4.78 is 0. The van der Waals surface area contributed by atoms with Gasteiger partial charge in [-0.05, 0) is 56.3 Å². The molecule has 0 nitrogen and oxygen atoms in total. The molecule has 0 radical (unpaired) electrons. The van der Waals surface area contributed by atoms with Crippen molar-refractivity contribution in [2.45, 2.75) is 47.5 Å². The van der Waals surface area contributed by atoms with E-state index in [-0.39, 0.29) is 0 Å². The van der Waals surface area contributed by atoms with Crippen molar-refractivity contribution >= 4 is 0 Å². The van der Waals surface area contributed by atoms with Crippen LogP contribution in [-0.2, 0) is 0 Å². The fourth-order valence-electron chi connectivity index (χ4n) is 1.99. The van der Waals surface area contributed by atoms with Crippen LogP contribution in [0.4, 0.5) is 0 Å². The van der Waals surface area contributed by atoms with Gasteiger partial charge in [-0.2, -0.15) is 0 Å². The van der Waals surface area contributed by atoms with Gasteiger partial charge in [-0.1, -0.05) is 31.6 Å². The summed E-state index contributed by atoms with van der Waals surface area (Å²) >= 11 is 0. The third-order valence-corrected chi connectivity index (χ3v) is 2.62. The van der Waals surface area contributed by atoms with Gasteiger partial charge in [0.25, 0.3) is 0 Å². The molecule has 0 unspecified atom stereocenters. The van der Waals surface area contributed by atoms with Gasteiger partial charge in [0.2, 0.25) is 0 Å². The van der Waals surface area contributed by atoms with E-state index in [4.69, 9.17) is 0 Å². The van der Waals surface area contributed by atoms with Crippen LogP contribution in [0.15, 0.2) is 34.4 Å². The second kappa shape index (κ2) is 4.63. The van der Waals surface area contributed by atoms with Crippen LogP contribution in [0.2, 0.25) is 0 Å². The molecular formula is C14H22. The van der Waals surface area contributed by atoms with Crippen LogP contribution < -0.4 is 0 Å². The second-order valence-corrected chi connectivity index (χ2v) is 4.81. The summed E-state index contributed by atoms with van der Waals surface area (Å²) in [5.74, 6) is 0.672. The van der Waals surface area contributed by atoms with Crippen molar-refractivity contribution in [3.8, 4) is 0 Å². The third kappa shape index (κ3) is 2.87.